The average molecular weight is 363 g/mol. The molecule has 1 aliphatic rings. The number of ether oxygens (including phenoxy) is 1. The summed E-state index contributed by atoms with van der Waals surface area (Å²) in [5, 5.41) is 1.99. The largest absolute Gasteiger partial charge is 0.431 e. The molecule has 0 radical (unpaired) electrons. The fourth-order valence-corrected chi connectivity index (χ4v) is 2.34. The van der Waals surface area contributed by atoms with Crippen molar-refractivity contribution < 1.29 is 35.9 Å². The zero-order valence-corrected chi connectivity index (χ0v) is 11.9. The van der Waals surface area contributed by atoms with E-state index in [1.807, 2.05) is 5.32 Å². The highest BCUT2D eigenvalue weighted by Gasteiger charge is 2.49. The van der Waals surface area contributed by atoms with Crippen LogP contribution in [0, 0.1) is 0 Å². The first-order valence-electron chi connectivity index (χ1n) is 6.64. The summed E-state index contributed by atoms with van der Waals surface area (Å²) in [5.41, 5.74) is -2.32. The van der Waals surface area contributed by atoms with Crippen LogP contribution in [0.3, 0.4) is 0 Å². The normalized spacial score (nSPS) is 17.5. The predicted molar refractivity (Wildman–Crippen MR) is 71.4 cm³/mol. The molecule has 1 unspecified atom stereocenters. The van der Waals surface area contributed by atoms with Crippen LogP contribution in [0.4, 0.5) is 37.0 Å². The van der Waals surface area contributed by atoms with Crippen molar-refractivity contribution in [3.63, 3.8) is 0 Å². The lowest BCUT2D eigenvalue weighted by molar-refractivity contribution is -0.206. The van der Waals surface area contributed by atoms with E-state index < -0.39 is 41.5 Å². The third-order valence-corrected chi connectivity index (χ3v) is 3.36. The molecular weight excluding hydrogens is 356 g/mol. The molecule has 1 N–H and O–H groups in total. The minimum atomic E-state index is -4.98. The molecule has 1 atom stereocenters. The molecule has 0 bridgehead atoms. The second-order valence-corrected chi connectivity index (χ2v) is 5.00. The van der Waals surface area contributed by atoms with Crippen LogP contribution in [-0.2, 0) is 10.9 Å². The van der Waals surface area contributed by atoms with Crippen LogP contribution >= 0.6 is 0 Å². The molecular formula is C14H7F6N3O2. The van der Waals surface area contributed by atoms with Crippen molar-refractivity contribution >= 4 is 11.9 Å². The minimum Gasteiger partial charge on any atom is -0.431 e. The number of pyridine rings is 2. The smallest absolute Gasteiger partial charge is 0.430 e. The maximum absolute atomic E-state index is 13.2. The molecule has 25 heavy (non-hydrogen) atoms. The van der Waals surface area contributed by atoms with Crippen LogP contribution in [0.5, 0.6) is 0 Å². The molecule has 3 rings (SSSR count). The van der Waals surface area contributed by atoms with Crippen LogP contribution in [-0.4, -0.2) is 22.2 Å². The summed E-state index contributed by atoms with van der Waals surface area (Å²) in [6.07, 6.45) is -11.8. The highest BCUT2D eigenvalue weighted by molar-refractivity contribution is 5.89. The van der Waals surface area contributed by atoms with Gasteiger partial charge in [0.1, 0.15) is 5.82 Å². The summed E-state index contributed by atoms with van der Waals surface area (Å²) in [6.45, 7) is 0. The Morgan fingerprint density at radius 1 is 1.04 bits per heavy atom. The third-order valence-electron chi connectivity index (χ3n) is 3.36. The van der Waals surface area contributed by atoms with Gasteiger partial charge in [0.25, 0.3) is 0 Å². The predicted octanol–water partition coefficient (Wildman–Crippen LogP) is 4.33. The van der Waals surface area contributed by atoms with Crippen molar-refractivity contribution in [2.45, 2.75) is 18.5 Å². The molecule has 2 aromatic heterocycles. The quantitative estimate of drug-likeness (QED) is 0.766. The van der Waals surface area contributed by atoms with E-state index in [0.29, 0.717) is 12.1 Å². The molecule has 1 aliphatic heterocycles. The van der Waals surface area contributed by atoms with Gasteiger partial charge in [-0.2, -0.15) is 26.3 Å². The molecule has 132 valence electrons. The first-order valence-corrected chi connectivity index (χ1v) is 6.64. The molecule has 11 heteroatoms. The van der Waals surface area contributed by atoms with Gasteiger partial charge in [0, 0.05) is 18.0 Å². The Hall–Kier alpha value is -2.85. The fourth-order valence-electron chi connectivity index (χ4n) is 2.34. The van der Waals surface area contributed by atoms with Crippen molar-refractivity contribution in [3.05, 3.63) is 41.7 Å². The molecule has 0 aromatic carbocycles. The van der Waals surface area contributed by atoms with Gasteiger partial charge in [-0.05, 0) is 18.2 Å². The van der Waals surface area contributed by atoms with Crippen LogP contribution in [0.1, 0.15) is 17.2 Å². The number of fused-ring (bicyclic) bond motifs is 1. The standard InChI is InChI=1S/C14H7F6N3O2/c15-13(16,17)6-1-3-21-8(5-6)7-2-4-22-11-9(7)10(14(18,19)20)25-12(24)23-11/h1-5,10H,(H,22,23,24). The lowest BCUT2D eigenvalue weighted by Gasteiger charge is -2.28. The number of carbonyl (C=O) groups excluding carboxylic acids is 1. The summed E-state index contributed by atoms with van der Waals surface area (Å²) in [6, 6.07) is 2.37. The minimum absolute atomic E-state index is 0.279. The number of halogens is 6. The van der Waals surface area contributed by atoms with Crippen molar-refractivity contribution in [3.8, 4) is 11.3 Å². The summed E-state index contributed by atoms with van der Waals surface area (Å²) < 4.78 is 82.5. The number of hydrogen-bond acceptors (Lipinski definition) is 4. The van der Waals surface area contributed by atoms with E-state index >= 15 is 0 Å². The molecule has 0 saturated heterocycles. The molecule has 0 aliphatic carbocycles. The van der Waals surface area contributed by atoms with Gasteiger partial charge in [0.15, 0.2) is 0 Å². The molecule has 1 amide bonds. The number of amides is 1. The number of nitrogens with zero attached hydrogens (tertiary/aromatic N) is 2. The van der Waals surface area contributed by atoms with Crippen molar-refractivity contribution in [1.82, 2.24) is 9.97 Å². The Kier molecular flexibility index (Phi) is 3.81. The molecule has 3 heterocycles. The van der Waals surface area contributed by atoms with E-state index in [0.717, 1.165) is 18.5 Å². The topological polar surface area (TPSA) is 64.1 Å². The Morgan fingerprint density at radius 2 is 1.72 bits per heavy atom. The van der Waals surface area contributed by atoms with Crippen LogP contribution in [0.25, 0.3) is 11.3 Å². The fraction of sp³-hybridized carbons (Fsp3) is 0.214. The van der Waals surface area contributed by atoms with E-state index in [-0.39, 0.29) is 11.3 Å². The maximum atomic E-state index is 13.2. The van der Waals surface area contributed by atoms with Gasteiger partial charge >= 0.3 is 18.4 Å². The highest BCUT2D eigenvalue weighted by atomic mass is 19.4. The zero-order valence-electron chi connectivity index (χ0n) is 11.9. The van der Waals surface area contributed by atoms with Crippen LogP contribution in [0.15, 0.2) is 30.6 Å². The second kappa shape index (κ2) is 5.60. The zero-order chi connectivity index (χ0) is 18.4. The highest BCUT2D eigenvalue weighted by Crippen LogP contribution is 2.45. The first kappa shape index (κ1) is 17.0. The molecule has 0 saturated carbocycles. The summed E-state index contributed by atoms with van der Waals surface area (Å²) >= 11 is 0. The SMILES string of the molecule is O=C1Nc2nccc(-c3cc(C(F)(F)F)ccn3)c2C(C(F)(F)F)O1. The van der Waals surface area contributed by atoms with Crippen LogP contribution < -0.4 is 5.32 Å². The number of rotatable bonds is 1. The van der Waals surface area contributed by atoms with Crippen molar-refractivity contribution in [2.75, 3.05) is 5.32 Å². The maximum Gasteiger partial charge on any atom is 0.430 e. The third kappa shape index (κ3) is 3.21. The number of anilines is 1. The first-order chi connectivity index (χ1) is 11.6. The van der Waals surface area contributed by atoms with Gasteiger partial charge in [-0.25, -0.2) is 9.78 Å². The number of nitrogens with one attached hydrogen (secondary N) is 1. The van der Waals surface area contributed by atoms with Crippen molar-refractivity contribution in [1.29, 1.82) is 0 Å². The number of cyclic esters (lactones) is 1. The van der Waals surface area contributed by atoms with Gasteiger partial charge < -0.3 is 4.74 Å². The lowest BCUT2D eigenvalue weighted by atomic mass is 9.98. The molecule has 5 nitrogen and oxygen atoms in total. The van der Waals surface area contributed by atoms with E-state index in [2.05, 4.69) is 14.7 Å². The van der Waals surface area contributed by atoms with Gasteiger partial charge in [-0.1, -0.05) is 0 Å². The Balaban J connectivity index is 2.20. The van der Waals surface area contributed by atoms with Gasteiger partial charge in [0.2, 0.25) is 6.10 Å². The number of aromatic nitrogens is 2. The van der Waals surface area contributed by atoms with E-state index in [9.17, 15) is 31.1 Å². The van der Waals surface area contributed by atoms with Crippen molar-refractivity contribution in [2.24, 2.45) is 0 Å². The van der Waals surface area contributed by atoms with E-state index in [4.69, 9.17) is 0 Å². The van der Waals surface area contributed by atoms with E-state index in [1.54, 1.807) is 0 Å². The number of carbonyl (C=O) groups is 1. The number of alkyl halides is 6. The molecule has 0 fully saturated rings. The summed E-state index contributed by atoms with van der Waals surface area (Å²) in [4.78, 5) is 18.6. The summed E-state index contributed by atoms with van der Waals surface area (Å²) in [7, 11) is 0. The average Bonchev–Trinajstić information content (AvgIpc) is 2.51. The van der Waals surface area contributed by atoms with E-state index in [1.165, 1.54) is 0 Å². The molecule has 0 spiro atoms. The lowest BCUT2D eigenvalue weighted by Crippen LogP contribution is -2.34. The van der Waals surface area contributed by atoms with Gasteiger partial charge in [-0.3, -0.25) is 10.3 Å². The van der Waals surface area contributed by atoms with Gasteiger partial charge in [-0.15, -0.1) is 0 Å². The second-order valence-electron chi connectivity index (χ2n) is 5.00. The van der Waals surface area contributed by atoms with Gasteiger partial charge in [0.05, 0.1) is 16.8 Å². The Morgan fingerprint density at radius 3 is 2.36 bits per heavy atom. The monoisotopic (exact) mass is 363 g/mol. The Bertz CT molecular complexity index is 834. The molecule has 2 aromatic rings. The number of hydrogen-bond donors (Lipinski definition) is 1. The Labute approximate surface area is 135 Å². The summed E-state index contributed by atoms with van der Waals surface area (Å²) in [5.74, 6) is -0.449. The van der Waals surface area contributed by atoms with Crippen LogP contribution in [0.2, 0.25) is 0 Å².